The van der Waals surface area contributed by atoms with Gasteiger partial charge in [0.05, 0.1) is 0 Å². The van der Waals surface area contributed by atoms with Crippen LogP contribution in [0.4, 0.5) is 4.39 Å². The normalized spacial score (nSPS) is 24.9. The number of halogens is 2. The molecule has 0 unspecified atom stereocenters. The molecule has 0 aliphatic heterocycles. The monoisotopic (exact) mass is 166 g/mol. The zero-order chi connectivity index (χ0) is 5.33. The highest BCUT2D eigenvalue weighted by Crippen LogP contribution is 2.42. The van der Waals surface area contributed by atoms with Crippen LogP contribution in [0.3, 0.4) is 0 Å². The van der Waals surface area contributed by atoms with Gasteiger partial charge in [-0.15, -0.1) is 0 Å². The Kier molecular flexibility index (Phi) is 1.37. The smallest absolute Gasteiger partial charge is 0.112 e. The van der Waals surface area contributed by atoms with Crippen molar-refractivity contribution in [3.05, 3.63) is 0 Å². The summed E-state index contributed by atoms with van der Waals surface area (Å²) >= 11 is 3.19. The predicted molar refractivity (Wildman–Crippen MR) is 31.5 cm³/mol. The lowest BCUT2D eigenvalue weighted by molar-refractivity contribution is 0.303. The van der Waals surface area contributed by atoms with E-state index in [2.05, 4.69) is 15.9 Å². The fraction of sp³-hybridized carbons (Fsp3) is 1.00. The molecule has 0 aromatic rings. The molecule has 0 N–H and O–H groups in total. The van der Waals surface area contributed by atoms with Crippen LogP contribution >= 0.6 is 15.9 Å². The molecule has 0 nitrogen and oxygen atoms in total. The standard InChI is InChI=1S/C5H8BrF/c6-4-3-5(7)1-2-5/h1-4H2. The lowest BCUT2D eigenvalue weighted by Gasteiger charge is -1.95. The van der Waals surface area contributed by atoms with Gasteiger partial charge in [-0.3, -0.25) is 0 Å². The Labute approximate surface area is 51.2 Å². The van der Waals surface area contributed by atoms with Crippen LogP contribution in [-0.2, 0) is 0 Å². The lowest BCUT2D eigenvalue weighted by atomic mass is 10.3. The molecule has 1 aliphatic rings. The van der Waals surface area contributed by atoms with Crippen molar-refractivity contribution in [1.29, 1.82) is 0 Å². The van der Waals surface area contributed by atoms with Gasteiger partial charge in [-0.05, 0) is 19.3 Å². The molecular weight excluding hydrogens is 159 g/mol. The van der Waals surface area contributed by atoms with Gasteiger partial charge in [0.25, 0.3) is 0 Å². The topological polar surface area (TPSA) is 0 Å². The van der Waals surface area contributed by atoms with Gasteiger partial charge >= 0.3 is 0 Å². The summed E-state index contributed by atoms with van der Waals surface area (Å²) in [5.41, 5.74) is -0.747. The van der Waals surface area contributed by atoms with Crippen LogP contribution in [0.25, 0.3) is 0 Å². The molecule has 0 radical (unpaired) electrons. The third-order valence-electron chi connectivity index (χ3n) is 1.34. The molecule has 0 atom stereocenters. The van der Waals surface area contributed by atoms with Crippen LogP contribution in [0, 0.1) is 0 Å². The summed E-state index contributed by atoms with van der Waals surface area (Å²) in [4.78, 5) is 0. The molecular formula is C5H8BrF. The summed E-state index contributed by atoms with van der Waals surface area (Å²) < 4.78 is 12.5. The van der Waals surface area contributed by atoms with Crippen LogP contribution < -0.4 is 0 Å². The Hall–Kier alpha value is 0.410. The van der Waals surface area contributed by atoms with Gasteiger partial charge in [0.1, 0.15) is 5.67 Å². The molecule has 0 amide bonds. The van der Waals surface area contributed by atoms with Gasteiger partial charge in [0, 0.05) is 5.33 Å². The van der Waals surface area contributed by atoms with Crippen LogP contribution in [-0.4, -0.2) is 11.0 Å². The Balaban J connectivity index is 2.13. The van der Waals surface area contributed by atoms with Crippen molar-refractivity contribution in [2.24, 2.45) is 0 Å². The first kappa shape index (κ1) is 5.54. The second-order valence-electron chi connectivity index (χ2n) is 2.09. The number of hydrogen-bond acceptors (Lipinski definition) is 0. The summed E-state index contributed by atoms with van der Waals surface area (Å²) in [6.45, 7) is 0. The first-order valence-electron chi connectivity index (χ1n) is 2.52. The minimum absolute atomic E-state index is 0.701. The van der Waals surface area contributed by atoms with Crippen molar-refractivity contribution in [2.75, 3.05) is 5.33 Å². The average molecular weight is 167 g/mol. The van der Waals surface area contributed by atoms with E-state index < -0.39 is 5.67 Å². The molecule has 0 aromatic carbocycles. The summed E-state index contributed by atoms with van der Waals surface area (Å²) in [5, 5.41) is 0.809. The molecule has 0 bridgehead atoms. The molecule has 1 aliphatic carbocycles. The molecule has 0 saturated heterocycles. The van der Waals surface area contributed by atoms with E-state index in [1.807, 2.05) is 0 Å². The van der Waals surface area contributed by atoms with Crippen LogP contribution in [0.5, 0.6) is 0 Å². The van der Waals surface area contributed by atoms with E-state index in [1.54, 1.807) is 0 Å². The first-order valence-corrected chi connectivity index (χ1v) is 3.64. The minimum atomic E-state index is -0.747. The SMILES string of the molecule is FC1(CCBr)CC1. The van der Waals surface area contributed by atoms with Gasteiger partial charge in [0.2, 0.25) is 0 Å². The van der Waals surface area contributed by atoms with Crippen LogP contribution in [0.15, 0.2) is 0 Å². The maximum Gasteiger partial charge on any atom is 0.112 e. The van der Waals surface area contributed by atoms with Crippen molar-refractivity contribution in [3.63, 3.8) is 0 Å². The first-order chi connectivity index (χ1) is 3.27. The van der Waals surface area contributed by atoms with Crippen molar-refractivity contribution in [2.45, 2.75) is 24.9 Å². The molecule has 7 heavy (non-hydrogen) atoms. The van der Waals surface area contributed by atoms with E-state index in [0.29, 0.717) is 6.42 Å². The maximum absolute atomic E-state index is 12.5. The highest BCUT2D eigenvalue weighted by molar-refractivity contribution is 9.09. The average Bonchev–Trinajstić information content (AvgIpc) is 2.22. The summed E-state index contributed by atoms with van der Waals surface area (Å²) in [5.74, 6) is 0. The molecule has 1 saturated carbocycles. The van der Waals surface area contributed by atoms with Gasteiger partial charge in [-0.1, -0.05) is 15.9 Å². The lowest BCUT2D eigenvalue weighted by Crippen LogP contribution is -1.97. The largest absolute Gasteiger partial charge is 0.244 e. The number of alkyl halides is 2. The minimum Gasteiger partial charge on any atom is -0.244 e. The number of hydrogen-bond donors (Lipinski definition) is 0. The van der Waals surface area contributed by atoms with E-state index in [1.165, 1.54) is 0 Å². The van der Waals surface area contributed by atoms with Crippen LogP contribution in [0.2, 0.25) is 0 Å². The third kappa shape index (κ3) is 1.41. The Morgan fingerprint density at radius 2 is 2.14 bits per heavy atom. The highest BCUT2D eigenvalue weighted by atomic mass is 79.9. The van der Waals surface area contributed by atoms with E-state index in [0.717, 1.165) is 18.2 Å². The Morgan fingerprint density at radius 3 is 2.29 bits per heavy atom. The van der Waals surface area contributed by atoms with Crippen LogP contribution in [0.1, 0.15) is 19.3 Å². The molecule has 1 rings (SSSR count). The molecule has 0 heterocycles. The molecule has 42 valence electrons. The highest BCUT2D eigenvalue weighted by Gasteiger charge is 2.41. The zero-order valence-corrected chi connectivity index (χ0v) is 5.67. The van der Waals surface area contributed by atoms with Gasteiger partial charge in [-0.25, -0.2) is 4.39 Å². The van der Waals surface area contributed by atoms with Gasteiger partial charge < -0.3 is 0 Å². The molecule has 2 heteroatoms. The summed E-state index contributed by atoms with van der Waals surface area (Å²) in [6, 6.07) is 0. The quantitative estimate of drug-likeness (QED) is 0.553. The van der Waals surface area contributed by atoms with Gasteiger partial charge in [-0.2, -0.15) is 0 Å². The second-order valence-corrected chi connectivity index (χ2v) is 2.88. The van der Waals surface area contributed by atoms with Crippen molar-refractivity contribution < 1.29 is 4.39 Å². The number of rotatable bonds is 2. The molecule has 1 fully saturated rings. The predicted octanol–water partition coefficient (Wildman–Crippen LogP) is 2.27. The van der Waals surface area contributed by atoms with E-state index in [9.17, 15) is 4.39 Å². The molecule has 0 spiro atoms. The third-order valence-corrected chi connectivity index (χ3v) is 1.73. The van der Waals surface area contributed by atoms with E-state index in [4.69, 9.17) is 0 Å². The Morgan fingerprint density at radius 1 is 1.57 bits per heavy atom. The van der Waals surface area contributed by atoms with Crippen molar-refractivity contribution in [3.8, 4) is 0 Å². The fourth-order valence-corrected chi connectivity index (χ4v) is 1.27. The van der Waals surface area contributed by atoms with E-state index >= 15 is 0 Å². The molecule has 0 aromatic heterocycles. The maximum atomic E-state index is 12.5. The fourth-order valence-electron chi connectivity index (χ4n) is 0.555. The van der Waals surface area contributed by atoms with Gasteiger partial charge in [0.15, 0.2) is 0 Å². The van der Waals surface area contributed by atoms with Crippen molar-refractivity contribution >= 4 is 15.9 Å². The zero-order valence-electron chi connectivity index (χ0n) is 4.08. The summed E-state index contributed by atoms with van der Waals surface area (Å²) in [7, 11) is 0. The van der Waals surface area contributed by atoms with Crippen molar-refractivity contribution in [1.82, 2.24) is 0 Å². The summed E-state index contributed by atoms with van der Waals surface area (Å²) in [6.07, 6.45) is 2.28. The Bertz CT molecular complexity index is 68.5. The second kappa shape index (κ2) is 1.73. The van der Waals surface area contributed by atoms with E-state index in [-0.39, 0.29) is 0 Å².